The van der Waals surface area contributed by atoms with Crippen LogP contribution in [0, 0.1) is 6.92 Å². The van der Waals surface area contributed by atoms with Crippen molar-refractivity contribution in [3.05, 3.63) is 71.0 Å². The van der Waals surface area contributed by atoms with Crippen molar-refractivity contribution in [2.75, 3.05) is 52.4 Å². The Balaban J connectivity index is 1.25. The van der Waals surface area contributed by atoms with E-state index in [2.05, 4.69) is 50.3 Å². The largest absolute Gasteiger partial charge is 0.348 e. The fourth-order valence-corrected chi connectivity index (χ4v) is 8.05. The summed E-state index contributed by atoms with van der Waals surface area (Å²) >= 11 is 0. The van der Waals surface area contributed by atoms with Gasteiger partial charge in [-0.25, -0.2) is 0 Å². The number of Topliss-reactive ketones (excluding diaryl/α,β-unsaturated/α-hetero) is 2. The molecule has 0 saturated carbocycles. The number of amides is 2. The van der Waals surface area contributed by atoms with Gasteiger partial charge in [-0.1, -0.05) is 43.5 Å². The molecule has 0 radical (unpaired) electrons. The number of ketones is 2. The number of piperidine rings is 2. The number of hydrogen-bond donors (Lipinski definition) is 2. The van der Waals surface area contributed by atoms with Crippen LogP contribution in [-0.4, -0.2) is 94.7 Å². The standard InChI is InChI=1S/C42H56N6O4/c1-5-30(3)47-28-35(40(50)42(52)44-18-24-46-21-10-7-11-22-46)38-32(13-12-14-37(38)47)26-31(4)48-27-34(33-25-29(2)15-16-36(33)48)39(49)41(51)43-17-23-45-19-8-6-9-20-45/h12-16,25,27-28,30-31H,5-11,17-24,26H2,1-4H3,(H,43,51)(H,44,52). The van der Waals surface area contributed by atoms with Crippen LogP contribution in [0.2, 0.25) is 0 Å². The third-order valence-corrected chi connectivity index (χ3v) is 11.2. The fourth-order valence-electron chi connectivity index (χ4n) is 8.05. The quantitative estimate of drug-likeness (QED) is 0.112. The summed E-state index contributed by atoms with van der Waals surface area (Å²) in [7, 11) is 0. The van der Waals surface area contributed by atoms with E-state index >= 15 is 0 Å². The van der Waals surface area contributed by atoms with Gasteiger partial charge in [-0.2, -0.15) is 0 Å². The molecule has 52 heavy (non-hydrogen) atoms. The SMILES string of the molecule is CCC(C)n1cc(C(=O)C(=O)NCCN2CCCCC2)c2c(CC(C)n3cc(C(=O)C(=O)NCCN4CCCCC4)c4cc(C)ccc43)cccc21. The van der Waals surface area contributed by atoms with Gasteiger partial charge in [-0.05, 0) is 109 Å². The summed E-state index contributed by atoms with van der Waals surface area (Å²) in [6.45, 7) is 14.8. The number of nitrogens with zero attached hydrogens (tertiary/aromatic N) is 4. The summed E-state index contributed by atoms with van der Waals surface area (Å²) in [5, 5.41) is 7.31. The molecule has 2 aromatic carbocycles. The molecule has 0 bridgehead atoms. The van der Waals surface area contributed by atoms with Crippen molar-refractivity contribution in [1.82, 2.24) is 29.6 Å². The maximum absolute atomic E-state index is 13.9. The molecule has 2 fully saturated rings. The lowest BCUT2D eigenvalue weighted by Gasteiger charge is -2.26. The molecular weight excluding hydrogens is 652 g/mol. The number of nitrogens with one attached hydrogen (secondary N) is 2. The summed E-state index contributed by atoms with van der Waals surface area (Å²) in [5.41, 5.74) is 4.56. The molecule has 6 rings (SSSR count). The molecule has 2 unspecified atom stereocenters. The molecule has 0 spiro atoms. The van der Waals surface area contributed by atoms with Crippen molar-refractivity contribution in [1.29, 1.82) is 0 Å². The zero-order chi connectivity index (χ0) is 36.8. The molecular formula is C42H56N6O4. The molecule has 2 N–H and O–H groups in total. The highest BCUT2D eigenvalue weighted by atomic mass is 16.2. The van der Waals surface area contributed by atoms with Crippen LogP contribution in [0.3, 0.4) is 0 Å². The minimum atomic E-state index is -0.585. The van der Waals surface area contributed by atoms with Crippen molar-refractivity contribution in [2.24, 2.45) is 0 Å². The number of fused-ring (bicyclic) bond motifs is 2. The van der Waals surface area contributed by atoms with Gasteiger partial charge < -0.3 is 29.6 Å². The van der Waals surface area contributed by atoms with Crippen LogP contribution < -0.4 is 10.6 Å². The van der Waals surface area contributed by atoms with E-state index < -0.39 is 23.4 Å². The number of aryl methyl sites for hydroxylation is 1. The van der Waals surface area contributed by atoms with Gasteiger partial charge in [-0.15, -0.1) is 0 Å². The minimum Gasteiger partial charge on any atom is -0.348 e. The van der Waals surface area contributed by atoms with Gasteiger partial charge >= 0.3 is 0 Å². The first kappa shape index (κ1) is 37.5. The van der Waals surface area contributed by atoms with E-state index in [1.54, 1.807) is 0 Å². The summed E-state index contributed by atoms with van der Waals surface area (Å²) < 4.78 is 4.19. The minimum absolute atomic E-state index is 0.132. The van der Waals surface area contributed by atoms with E-state index in [4.69, 9.17) is 0 Å². The van der Waals surface area contributed by atoms with E-state index in [-0.39, 0.29) is 12.1 Å². The average molecular weight is 709 g/mol. The Bertz CT molecular complexity index is 1910. The molecule has 4 heterocycles. The van der Waals surface area contributed by atoms with Crippen LogP contribution in [-0.2, 0) is 16.0 Å². The second kappa shape index (κ2) is 17.0. The number of carbonyl (C=O) groups excluding carboxylic acids is 4. The lowest BCUT2D eigenvalue weighted by atomic mass is 9.98. The third kappa shape index (κ3) is 8.34. The topological polar surface area (TPSA) is 109 Å². The molecule has 10 heteroatoms. The first-order valence-corrected chi connectivity index (χ1v) is 19.5. The van der Waals surface area contributed by atoms with Crippen molar-refractivity contribution in [2.45, 2.75) is 91.1 Å². The number of likely N-dealkylation sites (tertiary alicyclic amines) is 2. The summed E-state index contributed by atoms with van der Waals surface area (Å²) in [5.74, 6) is -2.22. The summed E-state index contributed by atoms with van der Waals surface area (Å²) in [6, 6.07) is 12.1. The van der Waals surface area contributed by atoms with Crippen molar-refractivity contribution < 1.29 is 19.2 Å². The van der Waals surface area contributed by atoms with Gasteiger partial charge in [-0.3, -0.25) is 19.2 Å². The summed E-state index contributed by atoms with van der Waals surface area (Å²) in [4.78, 5) is 58.7. The lowest BCUT2D eigenvalue weighted by Crippen LogP contribution is -2.39. The van der Waals surface area contributed by atoms with Gasteiger partial charge in [0.25, 0.3) is 23.4 Å². The van der Waals surface area contributed by atoms with Crippen molar-refractivity contribution in [3.8, 4) is 0 Å². The zero-order valence-corrected chi connectivity index (χ0v) is 31.5. The third-order valence-electron chi connectivity index (χ3n) is 11.2. The Morgan fingerprint density at radius 2 is 1.25 bits per heavy atom. The molecule has 2 aromatic heterocycles. The van der Waals surface area contributed by atoms with Crippen LogP contribution in [0.1, 0.15) is 110 Å². The van der Waals surface area contributed by atoms with Gasteiger partial charge in [0.1, 0.15) is 0 Å². The Hall–Kier alpha value is -4.28. The van der Waals surface area contributed by atoms with Gasteiger partial charge in [0.2, 0.25) is 0 Å². The Kier molecular flexibility index (Phi) is 12.3. The van der Waals surface area contributed by atoms with Crippen LogP contribution in [0.5, 0.6) is 0 Å². The van der Waals surface area contributed by atoms with Crippen molar-refractivity contribution >= 4 is 45.2 Å². The Labute approximate surface area is 307 Å². The maximum atomic E-state index is 13.9. The van der Waals surface area contributed by atoms with E-state index in [0.717, 1.165) is 78.6 Å². The van der Waals surface area contributed by atoms with E-state index in [1.165, 1.54) is 38.5 Å². The maximum Gasteiger partial charge on any atom is 0.292 e. The highest BCUT2D eigenvalue weighted by molar-refractivity contribution is 6.45. The van der Waals surface area contributed by atoms with Crippen LogP contribution >= 0.6 is 0 Å². The number of aromatic nitrogens is 2. The molecule has 10 nitrogen and oxygen atoms in total. The first-order valence-electron chi connectivity index (χ1n) is 19.5. The second-order valence-electron chi connectivity index (χ2n) is 15.0. The monoisotopic (exact) mass is 708 g/mol. The number of benzene rings is 2. The molecule has 2 atom stereocenters. The molecule has 2 saturated heterocycles. The van der Waals surface area contributed by atoms with E-state index in [1.807, 2.05) is 55.7 Å². The van der Waals surface area contributed by atoms with Gasteiger partial charge in [0.05, 0.1) is 11.1 Å². The average Bonchev–Trinajstić information content (AvgIpc) is 3.74. The lowest BCUT2D eigenvalue weighted by molar-refractivity contribution is -0.117. The van der Waals surface area contributed by atoms with E-state index in [9.17, 15) is 19.2 Å². The smallest absolute Gasteiger partial charge is 0.292 e. The molecule has 0 aliphatic carbocycles. The molecule has 2 amide bonds. The predicted molar refractivity (Wildman–Crippen MR) is 207 cm³/mol. The normalized spacial score (nSPS) is 16.9. The Morgan fingerprint density at radius 3 is 1.85 bits per heavy atom. The Morgan fingerprint density at radius 1 is 0.692 bits per heavy atom. The fraction of sp³-hybridized carbons (Fsp3) is 0.524. The van der Waals surface area contributed by atoms with Crippen LogP contribution in [0.4, 0.5) is 0 Å². The molecule has 2 aliphatic rings. The second-order valence-corrected chi connectivity index (χ2v) is 15.0. The molecule has 4 aromatic rings. The van der Waals surface area contributed by atoms with Crippen molar-refractivity contribution in [3.63, 3.8) is 0 Å². The number of hydrogen-bond acceptors (Lipinski definition) is 6. The van der Waals surface area contributed by atoms with Crippen LogP contribution in [0.25, 0.3) is 21.8 Å². The predicted octanol–water partition coefficient (Wildman–Crippen LogP) is 6.25. The number of carbonyl (C=O) groups is 4. The zero-order valence-electron chi connectivity index (χ0n) is 31.5. The van der Waals surface area contributed by atoms with Gasteiger partial charge in [0.15, 0.2) is 0 Å². The first-order chi connectivity index (χ1) is 25.2. The summed E-state index contributed by atoms with van der Waals surface area (Å²) in [6.07, 6.45) is 12.3. The number of rotatable bonds is 15. The van der Waals surface area contributed by atoms with E-state index in [0.29, 0.717) is 30.6 Å². The molecule has 2 aliphatic heterocycles. The highest BCUT2D eigenvalue weighted by Gasteiger charge is 2.27. The van der Waals surface area contributed by atoms with Gasteiger partial charge in [0, 0.05) is 72.5 Å². The van der Waals surface area contributed by atoms with Crippen LogP contribution in [0.15, 0.2) is 48.8 Å². The highest BCUT2D eigenvalue weighted by Crippen LogP contribution is 2.33. The molecule has 278 valence electrons.